The van der Waals surface area contributed by atoms with Gasteiger partial charge in [-0.15, -0.1) is 0 Å². The number of benzene rings is 1. The van der Waals surface area contributed by atoms with Crippen LogP contribution >= 0.6 is 11.6 Å². The Balaban J connectivity index is 2.71. The fourth-order valence-corrected chi connectivity index (χ4v) is 2.07. The van der Waals surface area contributed by atoms with Crippen molar-refractivity contribution in [2.75, 3.05) is 13.1 Å². The Labute approximate surface area is 109 Å². The lowest BCUT2D eigenvalue weighted by Crippen LogP contribution is -2.24. The van der Waals surface area contributed by atoms with Gasteiger partial charge in [-0.1, -0.05) is 32.0 Å². The number of hydrogen-bond donors (Lipinski definition) is 0. The van der Waals surface area contributed by atoms with Crippen LogP contribution in [0.15, 0.2) is 24.3 Å². The van der Waals surface area contributed by atoms with Crippen molar-refractivity contribution >= 4 is 16.8 Å². The summed E-state index contributed by atoms with van der Waals surface area (Å²) in [5, 5.41) is -0.385. The highest BCUT2D eigenvalue weighted by Gasteiger charge is 2.06. The average molecular weight is 254 g/mol. The van der Waals surface area contributed by atoms with Crippen LogP contribution in [0.5, 0.6) is 0 Å². The summed E-state index contributed by atoms with van der Waals surface area (Å²) in [5.74, 6) is 0. The van der Waals surface area contributed by atoms with E-state index < -0.39 is 0 Å². The van der Waals surface area contributed by atoms with Crippen LogP contribution in [0.3, 0.4) is 0 Å². The van der Waals surface area contributed by atoms with Crippen molar-refractivity contribution in [1.82, 2.24) is 4.90 Å². The standard InChI is InChI=1S/C14H20ClNO/c1-3-8-16(9-4-2)11-12-6-5-7-13(10-12)14(15)17/h5-7,10H,3-4,8-9,11H2,1-2H3. The molecule has 0 bridgehead atoms. The molecule has 0 spiro atoms. The predicted octanol–water partition coefficient (Wildman–Crippen LogP) is 3.69. The number of carbonyl (C=O) groups excluding carboxylic acids is 1. The molecule has 0 aliphatic heterocycles. The van der Waals surface area contributed by atoms with Gasteiger partial charge < -0.3 is 0 Å². The Kier molecular flexibility index (Phi) is 6.23. The molecule has 0 aliphatic rings. The maximum atomic E-state index is 11.1. The van der Waals surface area contributed by atoms with Crippen molar-refractivity contribution in [3.63, 3.8) is 0 Å². The first-order chi connectivity index (χ1) is 8.17. The van der Waals surface area contributed by atoms with Crippen LogP contribution in [0.1, 0.15) is 42.6 Å². The molecule has 0 aliphatic carbocycles. The molecule has 0 saturated carbocycles. The highest BCUT2D eigenvalue weighted by atomic mass is 35.5. The fraction of sp³-hybridized carbons (Fsp3) is 0.500. The quantitative estimate of drug-likeness (QED) is 0.691. The van der Waals surface area contributed by atoms with Gasteiger partial charge in [0.1, 0.15) is 0 Å². The van der Waals surface area contributed by atoms with E-state index in [-0.39, 0.29) is 5.24 Å². The van der Waals surface area contributed by atoms with E-state index in [0.29, 0.717) is 5.56 Å². The molecule has 0 aromatic heterocycles. The number of hydrogen-bond acceptors (Lipinski definition) is 2. The fourth-order valence-electron chi connectivity index (χ4n) is 1.95. The van der Waals surface area contributed by atoms with Crippen LogP contribution < -0.4 is 0 Å². The minimum atomic E-state index is -0.385. The van der Waals surface area contributed by atoms with Crippen LogP contribution in [-0.4, -0.2) is 23.2 Å². The summed E-state index contributed by atoms with van der Waals surface area (Å²) in [6.07, 6.45) is 2.29. The zero-order valence-corrected chi connectivity index (χ0v) is 11.3. The molecule has 0 heterocycles. The van der Waals surface area contributed by atoms with Crippen LogP contribution in [-0.2, 0) is 6.54 Å². The monoisotopic (exact) mass is 253 g/mol. The molecule has 1 rings (SSSR count). The summed E-state index contributed by atoms with van der Waals surface area (Å²) in [7, 11) is 0. The second kappa shape index (κ2) is 7.46. The minimum Gasteiger partial charge on any atom is -0.299 e. The van der Waals surface area contributed by atoms with Crippen molar-refractivity contribution in [1.29, 1.82) is 0 Å². The van der Waals surface area contributed by atoms with Gasteiger partial charge in [-0.2, -0.15) is 0 Å². The minimum absolute atomic E-state index is 0.385. The second-order valence-corrected chi connectivity index (χ2v) is 4.59. The average Bonchev–Trinajstić information content (AvgIpc) is 2.30. The maximum Gasteiger partial charge on any atom is 0.252 e. The van der Waals surface area contributed by atoms with Gasteiger partial charge in [0.05, 0.1) is 0 Å². The smallest absolute Gasteiger partial charge is 0.252 e. The molecule has 3 heteroatoms. The summed E-state index contributed by atoms with van der Waals surface area (Å²) in [6.45, 7) is 7.43. The molecule has 0 atom stereocenters. The molecule has 0 amide bonds. The summed E-state index contributed by atoms with van der Waals surface area (Å²) in [6, 6.07) is 7.57. The first kappa shape index (κ1) is 14.2. The highest BCUT2D eigenvalue weighted by Crippen LogP contribution is 2.11. The van der Waals surface area contributed by atoms with Crippen molar-refractivity contribution < 1.29 is 4.79 Å². The third kappa shape index (κ3) is 4.88. The van der Waals surface area contributed by atoms with Crippen LogP contribution in [0.2, 0.25) is 0 Å². The number of halogens is 1. The second-order valence-electron chi connectivity index (χ2n) is 4.25. The zero-order chi connectivity index (χ0) is 12.7. The van der Waals surface area contributed by atoms with E-state index >= 15 is 0 Å². The van der Waals surface area contributed by atoms with Crippen molar-refractivity contribution in [2.24, 2.45) is 0 Å². The summed E-state index contributed by atoms with van der Waals surface area (Å²) < 4.78 is 0. The lowest BCUT2D eigenvalue weighted by molar-refractivity contribution is 0.108. The van der Waals surface area contributed by atoms with Crippen molar-refractivity contribution in [2.45, 2.75) is 33.2 Å². The Morgan fingerprint density at radius 3 is 2.41 bits per heavy atom. The Morgan fingerprint density at radius 1 is 1.24 bits per heavy atom. The lowest BCUT2D eigenvalue weighted by atomic mass is 10.1. The lowest BCUT2D eigenvalue weighted by Gasteiger charge is -2.21. The number of carbonyl (C=O) groups is 1. The Morgan fingerprint density at radius 2 is 1.88 bits per heavy atom. The molecular weight excluding hydrogens is 234 g/mol. The van der Waals surface area contributed by atoms with Crippen molar-refractivity contribution in [3.05, 3.63) is 35.4 Å². The number of rotatable bonds is 7. The van der Waals surface area contributed by atoms with Gasteiger partial charge >= 0.3 is 0 Å². The van der Waals surface area contributed by atoms with Crippen LogP contribution in [0, 0.1) is 0 Å². The topological polar surface area (TPSA) is 20.3 Å². The largest absolute Gasteiger partial charge is 0.299 e. The van der Waals surface area contributed by atoms with Crippen molar-refractivity contribution in [3.8, 4) is 0 Å². The molecule has 0 N–H and O–H groups in total. The summed E-state index contributed by atoms with van der Waals surface area (Å²) in [4.78, 5) is 13.5. The van der Waals surface area contributed by atoms with Gasteiger partial charge in [0, 0.05) is 12.1 Å². The first-order valence-corrected chi connectivity index (χ1v) is 6.56. The molecule has 0 radical (unpaired) electrons. The molecule has 94 valence electrons. The van der Waals surface area contributed by atoms with E-state index in [1.54, 1.807) is 6.07 Å². The van der Waals surface area contributed by atoms with Gasteiger partial charge in [-0.25, -0.2) is 0 Å². The highest BCUT2D eigenvalue weighted by molar-refractivity contribution is 6.67. The molecule has 0 fully saturated rings. The third-order valence-electron chi connectivity index (χ3n) is 2.64. The predicted molar refractivity (Wildman–Crippen MR) is 72.5 cm³/mol. The summed E-state index contributed by atoms with van der Waals surface area (Å²) >= 11 is 5.48. The van der Waals surface area contributed by atoms with Gasteiger partial charge in [0.2, 0.25) is 0 Å². The maximum absolute atomic E-state index is 11.1. The van der Waals surface area contributed by atoms with Crippen LogP contribution in [0.4, 0.5) is 0 Å². The Hall–Kier alpha value is -0.860. The first-order valence-electron chi connectivity index (χ1n) is 6.18. The normalized spacial score (nSPS) is 10.8. The molecule has 0 unspecified atom stereocenters. The van der Waals surface area contributed by atoms with E-state index in [1.165, 1.54) is 0 Å². The van der Waals surface area contributed by atoms with Gasteiger partial charge in [0.25, 0.3) is 5.24 Å². The van der Waals surface area contributed by atoms with Gasteiger partial charge in [-0.05, 0) is 49.2 Å². The van der Waals surface area contributed by atoms with Crippen LogP contribution in [0.25, 0.3) is 0 Å². The Bertz CT molecular complexity index is 359. The summed E-state index contributed by atoms with van der Waals surface area (Å²) in [5.41, 5.74) is 1.73. The molecule has 1 aromatic carbocycles. The van der Waals surface area contributed by atoms with E-state index in [1.807, 2.05) is 18.2 Å². The molecular formula is C14H20ClNO. The number of nitrogens with zero attached hydrogens (tertiary/aromatic N) is 1. The van der Waals surface area contributed by atoms with Gasteiger partial charge in [-0.3, -0.25) is 9.69 Å². The van der Waals surface area contributed by atoms with E-state index in [4.69, 9.17) is 11.6 Å². The zero-order valence-electron chi connectivity index (χ0n) is 10.6. The SMILES string of the molecule is CCCN(CCC)Cc1cccc(C(=O)Cl)c1. The molecule has 2 nitrogen and oxygen atoms in total. The molecule has 17 heavy (non-hydrogen) atoms. The van der Waals surface area contributed by atoms with E-state index in [2.05, 4.69) is 18.7 Å². The molecule has 1 aromatic rings. The van der Waals surface area contributed by atoms with E-state index in [0.717, 1.165) is 38.0 Å². The molecule has 0 saturated heterocycles. The third-order valence-corrected chi connectivity index (χ3v) is 2.86. The van der Waals surface area contributed by atoms with Gasteiger partial charge in [0.15, 0.2) is 0 Å². The van der Waals surface area contributed by atoms with E-state index in [9.17, 15) is 4.79 Å².